The van der Waals surface area contributed by atoms with Gasteiger partial charge in [-0.25, -0.2) is 9.37 Å². The molecule has 5 N–H and O–H groups in total. The lowest BCUT2D eigenvalue weighted by Gasteiger charge is -2.14. The number of nitrogens with zero attached hydrogens (tertiary/aromatic N) is 3. The van der Waals surface area contributed by atoms with Crippen molar-refractivity contribution < 1.29 is 18.8 Å². The normalized spacial score (nSPS) is 11.9. The van der Waals surface area contributed by atoms with Gasteiger partial charge in [0.2, 0.25) is 0 Å². The number of ether oxygens (including phenoxy) is 1. The third-order valence-corrected chi connectivity index (χ3v) is 6.25. The number of amides is 1. The van der Waals surface area contributed by atoms with Crippen LogP contribution < -0.4 is 21.5 Å². The predicted molar refractivity (Wildman–Crippen MR) is 142 cm³/mol. The highest BCUT2D eigenvalue weighted by molar-refractivity contribution is 5.95. The van der Waals surface area contributed by atoms with Crippen molar-refractivity contribution in [3.05, 3.63) is 88.0 Å². The number of fused-ring (bicyclic) bond motifs is 1. The van der Waals surface area contributed by atoms with Crippen LogP contribution >= 0.6 is 0 Å². The van der Waals surface area contributed by atoms with E-state index in [1.54, 1.807) is 17.7 Å². The maximum Gasteiger partial charge on any atom is 0.287 e. The Morgan fingerprint density at radius 1 is 1.16 bits per heavy atom. The van der Waals surface area contributed by atoms with E-state index in [-0.39, 0.29) is 36.2 Å². The summed E-state index contributed by atoms with van der Waals surface area (Å²) < 4.78 is 21.5. The topological polar surface area (TPSA) is 151 Å². The van der Waals surface area contributed by atoms with Crippen molar-refractivity contribution in [2.75, 3.05) is 20.2 Å². The Bertz CT molecular complexity index is 1450. The van der Waals surface area contributed by atoms with E-state index in [0.717, 1.165) is 29.7 Å². The molecule has 0 saturated heterocycles. The molecule has 11 heteroatoms. The van der Waals surface area contributed by atoms with Crippen molar-refractivity contribution in [2.24, 2.45) is 11.5 Å². The van der Waals surface area contributed by atoms with E-state index in [1.165, 1.54) is 6.07 Å². The van der Waals surface area contributed by atoms with Gasteiger partial charge in [-0.15, -0.1) is 0 Å². The van der Waals surface area contributed by atoms with Crippen LogP contribution in [0.2, 0.25) is 0 Å². The number of hydrogen-bond acceptors (Lipinski definition) is 7. The zero-order valence-corrected chi connectivity index (χ0v) is 20.9. The fourth-order valence-electron chi connectivity index (χ4n) is 4.17. The summed E-state index contributed by atoms with van der Waals surface area (Å²) >= 11 is 0. The number of non-ortho nitro benzene ring substituents is 1. The highest BCUT2D eigenvalue weighted by Gasteiger charge is 2.21. The van der Waals surface area contributed by atoms with Gasteiger partial charge >= 0.3 is 0 Å². The summed E-state index contributed by atoms with van der Waals surface area (Å²) in [6, 6.07) is 16.0. The molecule has 0 aliphatic heterocycles. The maximum atomic E-state index is 14.8. The zero-order chi connectivity index (χ0) is 27.2. The van der Waals surface area contributed by atoms with Crippen molar-refractivity contribution >= 4 is 22.6 Å². The summed E-state index contributed by atoms with van der Waals surface area (Å²) in [6.45, 7) is 0.575. The van der Waals surface area contributed by atoms with Crippen LogP contribution in [0.4, 0.5) is 10.1 Å². The van der Waals surface area contributed by atoms with E-state index in [0.29, 0.717) is 29.7 Å². The number of imidazole rings is 1. The molecule has 198 valence electrons. The smallest absolute Gasteiger partial charge is 0.287 e. The van der Waals surface area contributed by atoms with Crippen LogP contribution in [-0.4, -0.2) is 46.6 Å². The first-order valence-corrected chi connectivity index (χ1v) is 12.1. The van der Waals surface area contributed by atoms with Crippen LogP contribution in [0.5, 0.6) is 5.75 Å². The molecule has 0 saturated carbocycles. The Morgan fingerprint density at radius 3 is 2.58 bits per heavy atom. The molecule has 0 aliphatic rings. The molecule has 1 heterocycles. The minimum absolute atomic E-state index is 0.0452. The summed E-state index contributed by atoms with van der Waals surface area (Å²) in [5, 5.41) is 14.1. The van der Waals surface area contributed by atoms with Crippen LogP contribution in [0, 0.1) is 15.9 Å². The molecule has 1 aromatic heterocycles. The minimum Gasteiger partial charge on any atom is -0.497 e. The number of aromatic nitrogens is 2. The second kappa shape index (κ2) is 11.8. The molecule has 3 aromatic carbocycles. The summed E-state index contributed by atoms with van der Waals surface area (Å²) in [6.07, 6.45) is 1.38. The van der Waals surface area contributed by atoms with Gasteiger partial charge in [0, 0.05) is 30.3 Å². The van der Waals surface area contributed by atoms with Crippen LogP contribution in [0.3, 0.4) is 0 Å². The first-order valence-electron chi connectivity index (χ1n) is 12.1. The first kappa shape index (κ1) is 26.7. The van der Waals surface area contributed by atoms with Gasteiger partial charge in [-0.2, -0.15) is 0 Å². The van der Waals surface area contributed by atoms with Gasteiger partial charge in [-0.05, 0) is 60.8 Å². The van der Waals surface area contributed by atoms with Gasteiger partial charge in [0.25, 0.3) is 11.6 Å². The number of carbonyl (C=O) groups is 1. The number of methoxy groups -OCH3 is 1. The molecule has 0 unspecified atom stereocenters. The summed E-state index contributed by atoms with van der Waals surface area (Å²) in [5.41, 5.74) is 14.3. The average molecular weight is 521 g/mol. The molecule has 38 heavy (non-hydrogen) atoms. The van der Waals surface area contributed by atoms with Gasteiger partial charge in [0.1, 0.15) is 11.6 Å². The van der Waals surface area contributed by atoms with Crippen molar-refractivity contribution in [1.82, 2.24) is 14.9 Å². The third-order valence-electron chi connectivity index (χ3n) is 6.25. The Hall–Kier alpha value is -4.35. The molecule has 0 spiro atoms. The highest BCUT2D eigenvalue weighted by Crippen LogP contribution is 2.28. The maximum absolute atomic E-state index is 14.8. The standard InChI is InChI=1S/C27H29FN6O4/c1-38-22-8-4-17(5-9-22)18-6-11-24-25(14-18)33(16-19-13-21(34(36)37)7-10-23(19)28)26(32-24)27(35)31-15-20(30)3-2-12-29/h4-11,13-14,20H,2-3,12,15-16,29-30H2,1H3,(H,31,35)/t20-/m0/s1. The van der Waals surface area contributed by atoms with Gasteiger partial charge in [-0.1, -0.05) is 18.2 Å². The molecular weight excluding hydrogens is 491 g/mol. The molecular formula is C27H29FN6O4. The number of halogens is 1. The van der Waals surface area contributed by atoms with Crippen LogP contribution in [0.15, 0.2) is 60.7 Å². The zero-order valence-electron chi connectivity index (χ0n) is 20.9. The van der Waals surface area contributed by atoms with E-state index in [2.05, 4.69) is 10.3 Å². The van der Waals surface area contributed by atoms with Crippen LogP contribution in [-0.2, 0) is 6.54 Å². The largest absolute Gasteiger partial charge is 0.497 e. The number of hydrogen-bond donors (Lipinski definition) is 3. The Kier molecular flexibility index (Phi) is 8.29. The van der Waals surface area contributed by atoms with Gasteiger partial charge in [0.15, 0.2) is 5.82 Å². The second-order valence-corrected chi connectivity index (χ2v) is 8.89. The molecule has 0 fully saturated rings. The Labute approximate surface area is 218 Å². The van der Waals surface area contributed by atoms with E-state index < -0.39 is 16.6 Å². The quantitative estimate of drug-likeness (QED) is 0.202. The highest BCUT2D eigenvalue weighted by atomic mass is 19.1. The molecule has 0 aliphatic carbocycles. The van der Waals surface area contributed by atoms with Gasteiger partial charge in [0.05, 0.1) is 29.6 Å². The van der Waals surface area contributed by atoms with Crippen molar-refractivity contribution in [1.29, 1.82) is 0 Å². The lowest BCUT2D eigenvalue weighted by Crippen LogP contribution is -2.38. The first-order chi connectivity index (χ1) is 18.3. The second-order valence-electron chi connectivity index (χ2n) is 8.89. The van der Waals surface area contributed by atoms with E-state index in [4.69, 9.17) is 16.2 Å². The Morgan fingerprint density at radius 2 is 1.89 bits per heavy atom. The monoisotopic (exact) mass is 520 g/mol. The molecule has 0 bridgehead atoms. The lowest BCUT2D eigenvalue weighted by atomic mass is 10.0. The van der Waals surface area contributed by atoms with E-state index in [9.17, 15) is 19.3 Å². The van der Waals surface area contributed by atoms with E-state index >= 15 is 0 Å². The SMILES string of the molecule is COc1ccc(-c2ccc3nc(C(=O)NC[C@@H](N)CCCN)n(Cc4cc([N+](=O)[O-])ccc4F)c3c2)cc1. The van der Waals surface area contributed by atoms with Crippen LogP contribution in [0.1, 0.15) is 29.0 Å². The molecule has 4 aromatic rings. The van der Waals surface area contributed by atoms with Crippen LogP contribution in [0.25, 0.3) is 22.2 Å². The summed E-state index contributed by atoms with van der Waals surface area (Å²) in [5.74, 6) is -0.353. The van der Waals surface area contributed by atoms with E-state index in [1.807, 2.05) is 36.4 Å². The third kappa shape index (κ3) is 5.96. The fraction of sp³-hybridized carbons (Fsp3) is 0.259. The number of rotatable bonds is 11. The molecule has 4 rings (SSSR count). The summed E-state index contributed by atoms with van der Waals surface area (Å²) in [4.78, 5) is 28.4. The molecule has 10 nitrogen and oxygen atoms in total. The minimum atomic E-state index is -0.626. The van der Waals surface area contributed by atoms with Crippen molar-refractivity contribution in [3.63, 3.8) is 0 Å². The summed E-state index contributed by atoms with van der Waals surface area (Å²) in [7, 11) is 1.59. The molecule has 1 amide bonds. The average Bonchev–Trinajstić information content (AvgIpc) is 3.29. The predicted octanol–water partition coefficient (Wildman–Crippen LogP) is 3.60. The number of nitrogens with one attached hydrogen (secondary N) is 1. The fourth-order valence-corrected chi connectivity index (χ4v) is 4.17. The number of nitro benzene ring substituents is 1. The van der Waals surface area contributed by atoms with Crippen molar-refractivity contribution in [2.45, 2.75) is 25.4 Å². The molecule has 0 radical (unpaired) electrons. The number of benzene rings is 3. The number of carbonyl (C=O) groups excluding carboxylic acids is 1. The number of nitrogens with two attached hydrogens (primary N) is 2. The lowest BCUT2D eigenvalue weighted by molar-refractivity contribution is -0.385. The van der Waals surface area contributed by atoms with Gasteiger partial charge in [-0.3, -0.25) is 14.9 Å². The Balaban J connectivity index is 1.76. The molecule has 1 atom stereocenters. The van der Waals surface area contributed by atoms with Gasteiger partial charge < -0.3 is 26.1 Å². The van der Waals surface area contributed by atoms with Crippen molar-refractivity contribution in [3.8, 4) is 16.9 Å². The number of nitro groups is 1.